The lowest BCUT2D eigenvalue weighted by molar-refractivity contribution is -0.142. The van der Waals surface area contributed by atoms with Crippen LogP contribution in [0.15, 0.2) is 42.5 Å². The Morgan fingerprint density at radius 3 is 2.50 bits per heavy atom. The van der Waals surface area contributed by atoms with E-state index in [1.807, 2.05) is 31.2 Å². The summed E-state index contributed by atoms with van der Waals surface area (Å²) in [5, 5.41) is 3.61. The van der Waals surface area contributed by atoms with Crippen LogP contribution in [-0.4, -0.2) is 25.6 Å². The minimum Gasteiger partial charge on any atom is -0.482 e. The number of hydrogen-bond donors (Lipinski definition) is 1. The van der Waals surface area contributed by atoms with Crippen LogP contribution in [0.4, 0.5) is 5.69 Å². The van der Waals surface area contributed by atoms with Gasteiger partial charge in [0, 0.05) is 17.1 Å². The van der Waals surface area contributed by atoms with Crippen LogP contribution in [0.1, 0.15) is 24.0 Å². The zero-order valence-corrected chi connectivity index (χ0v) is 15.6. The number of carbonyl (C=O) groups excluding carboxylic acids is 2. The topological polar surface area (TPSA) is 64.6 Å². The van der Waals surface area contributed by atoms with Crippen molar-refractivity contribution < 1.29 is 19.1 Å². The van der Waals surface area contributed by atoms with E-state index in [0.717, 1.165) is 29.7 Å². The number of methoxy groups -OCH3 is 1. The smallest absolute Gasteiger partial charge is 0.343 e. The van der Waals surface area contributed by atoms with Gasteiger partial charge in [0.2, 0.25) is 5.91 Å². The normalized spacial score (nSPS) is 10.3. The molecule has 0 aliphatic rings. The molecule has 0 unspecified atom stereocenters. The number of amides is 1. The first-order chi connectivity index (χ1) is 12.5. The molecule has 0 atom stereocenters. The van der Waals surface area contributed by atoms with Gasteiger partial charge in [-0.05, 0) is 61.2 Å². The van der Waals surface area contributed by atoms with Crippen LogP contribution < -0.4 is 10.1 Å². The van der Waals surface area contributed by atoms with Crippen molar-refractivity contribution in [2.75, 3.05) is 19.0 Å². The Bertz CT molecular complexity index is 759. The third-order valence-electron chi connectivity index (χ3n) is 3.84. The number of halogens is 1. The molecule has 0 saturated carbocycles. The number of nitrogens with one attached hydrogen (secondary N) is 1. The van der Waals surface area contributed by atoms with Crippen molar-refractivity contribution in [3.05, 3.63) is 58.6 Å². The summed E-state index contributed by atoms with van der Waals surface area (Å²) in [5.41, 5.74) is 2.75. The van der Waals surface area contributed by atoms with Gasteiger partial charge < -0.3 is 14.8 Å². The van der Waals surface area contributed by atoms with Gasteiger partial charge in [0.05, 0.1) is 7.11 Å². The zero-order valence-electron chi connectivity index (χ0n) is 14.9. The van der Waals surface area contributed by atoms with Crippen LogP contribution in [0.25, 0.3) is 0 Å². The SMILES string of the molecule is COC(=O)COc1ccc(NC(=O)CCCc2ccc(Cl)cc2)c(C)c1. The average molecular weight is 376 g/mol. The van der Waals surface area contributed by atoms with Crippen molar-refractivity contribution >= 4 is 29.2 Å². The van der Waals surface area contributed by atoms with Gasteiger partial charge in [0.1, 0.15) is 5.75 Å². The molecule has 0 aromatic heterocycles. The van der Waals surface area contributed by atoms with Crippen LogP contribution in [0.3, 0.4) is 0 Å². The first-order valence-electron chi connectivity index (χ1n) is 8.32. The Morgan fingerprint density at radius 2 is 1.85 bits per heavy atom. The number of ether oxygens (including phenoxy) is 2. The van der Waals surface area contributed by atoms with Gasteiger partial charge in [-0.25, -0.2) is 4.79 Å². The number of carbonyl (C=O) groups is 2. The highest BCUT2D eigenvalue weighted by Gasteiger charge is 2.08. The fraction of sp³-hybridized carbons (Fsp3) is 0.300. The van der Waals surface area contributed by atoms with Crippen molar-refractivity contribution in [1.82, 2.24) is 0 Å². The summed E-state index contributed by atoms with van der Waals surface area (Å²) >= 11 is 5.86. The quantitative estimate of drug-likeness (QED) is 0.703. The predicted octanol–water partition coefficient (Wildman–Crippen LogP) is 4.16. The molecule has 1 N–H and O–H groups in total. The molecule has 2 aromatic carbocycles. The summed E-state index contributed by atoms with van der Waals surface area (Å²) in [5.74, 6) is 0.0691. The molecule has 26 heavy (non-hydrogen) atoms. The number of hydrogen-bond acceptors (Lipinski definition) is 4. The molecule has 0 fully saturated rings. The lowest BCUT2D eigenvalue weighted by Gasteiger charge is -2.11. The Labute approximate surface area is 158 Å². The van der Waals surface area contributed by atoms with Crippen molar-refractivity contribution in [2.24, 2.45) is 0 Å². The number of esters is 1. The average Bonchev–Trinajstić information content (AvgIpc) is 2.63. The van der Waals surface area contributed by atoms with Crippen LogP contribution in [0, 0.1) is 6.92 Å². The second-order valence-electron chi connectivity index (χ2n) is 5.87. The second kappa shape index (κ2) is 9.82. The maximum Gasteiger partial charge on any atom is 0.343 e. The van der Waals surface area contributed by atoms with E-state index >= 15 is 0 Å². The Morgan fingerprint density at radius 1 is 1.12 bits per heavy atom. The van der Waals surface area contributed by atoms with E-state index in [1.165, 1.54) is 7.11 Å². The highest BCUT2D eigenvalue weighted by Crippen LogP contribution is 2.22. The predicted molar refractivity (Wildman–Crippen MR) is 102 cm³/mol. The van der Waals surface area contributed by atoms with E-state index in [0.29, 0.717) is 17.2 Å². The van der Waals surface area contributed by atoms with E-state index in [9.17, 15) is 9.59 Å². The molecule has 0 aliphatic heterocycles. The van der Waals surface area contributed by atoms with Gasteiger partial charge in [-0.1, -0.05) is 23.7 Å². The highest BCUT2D eigenvalue weighted by molar-refractivity contribution is 6.30. The summed E-state index contributed by atoms with van der Waals surface area (Å²) in [7, 11) is 1.31. The highest BCUT2D eigenvalue weighted by atomic mass is 35.5. The molecule has 5 nitrogen and oxygen atoms in total. The van der Waals surface area contributed by atoms with E-state index in [1.54, 1.807) is 18.2 Å². The Balaban J connectivity index is 1.80. The first kappa shape index (κ1) is 19.8. The molecule has 6 heteroatoms. The van der Waals surface area contributed by atoms with E-state index in [4.69, 9.17) is 16.3 Å². The molecular formula is C20H22ClNO4. The van der Waals surface area contributed by atoms with Crippen molar-refractivity contribution in [1.29, 1.82) is 0 Å². The van der Waals surface area contributed by atoms with Crippen LogP contribution in [0.5, 0.6) is 5.75 Å². The summed E-state index contributed by atoms with van der Waals surface area (Å²) in [6.07, 6.45) is 2.01. The Kier molecular flexibility index (Phi) is 7.48. The van der Waals surface area contributed by atoms with Gasteiger partial charge in [-0.2, -0.15) is 0 Å². The maximum absolute atomic E-state index is 12.1. The molecular weight excluding hydrogens is 354 g/mol. The summed E-state index contributed by atoms with van der Waals surface area (Å²) < 4.78 is 9.85. The maximum atomic E-state index is 12.1. The van der Waals surface area contributed by atoms with Gasteiger partial charge in [-0.3, -0.25) is 4.79 Å². The third kappa shape index (κ3) is 6.41. The number of rotatable bonds is 8. The molecule has 0 radical (unpaired) electrons. The standard InChI is InChI=1S/C20H22ClNO4/c1-14-12-17(26-13-20(24)25-2)10-11-18(14)22-19(23)5-3-4-15-6-8-16(21)9-7-15/h6-12H,3-5,13H2,1-2H3,(H,22,23). The minimum atomic E-state index is -0.444. The third-order valence-corrected chi connectivity index (χ3v) is 4.09. The van der Waals surface area contributed by atoms with Crippen LogP contribution >= 0.6 is 11.6 Å². The fourth-order valence-corrected chi connectivity index (χ4v) is 2.51. The Hall–Kier alpha value is -2.53. The molecule has 138 valence electrons. The lowest BCUT2D eigenvalue weighted by atomic mass is 10.1. The van der Waals surface area contributed by atoms with E-state index in [2.05, 4.69) is 10.1 Å². The minimum absolute atomic E-state index is 0.0368. The molecule has 0 bridgehead atoms. The molecule has 2 aromatic rings. The van der Waals surface area contributed by atoms with Gasteiger partial charge in [0.25, 0.3) is 0 Å². The summed E-state index contributed by atoms with van der Waals surface area (Å²) in [6, 6.07) is 12.9. The summed E-state index contributed by atoms with van der Waals surface area (Å²) in [4.78, 5) is 23.2. The number of aryl methyl sites for hydroxylation is 2. The monoisotopic (exact) mass is 375 g/mol. The van der Waals surface area contributed by atoms with Crippen LogP contribution in [0.2, 0.25) is 5.02 Å². The second-order valence-corrected chi connectivity index (χ2v) is 6.31. The molecule has 0 saturated heterocycles. The van der Waals surface area contributed by atoms with Gasteiger partial charge in [-0.15, -0.1) is 0 Å². The molecule has 0 spiro atoms. The van der Waals surface area contributed by atoms with Crippen molar-refractivity contribution in [3.8, 4) is 5.75 Å². The first-order valence-corrected chi connectivity index (χ1v) is 8.70. The fourth-order valence-electron chi connectivity index (χ4n) is 2.38. The number of anilines is 1. The van der Waals surface area contributed by atoms with E-state index < -0.39 is 5.97 Å². The largest absolute Gasteiger partial charge is 0.482 e. The zero-order chi connectivity index (χ0) is 18.9. The van der Waals surface area contributed by atoms with Gasteiger partial charge in [0.15, 0.2) is 6.61 Å². The number of benzene rings is 2. The van der Waals surface area contributed by atoms with E-state index in [-0.39, 0.29) is 12.5 Å². The van der Waals surface area contributed by atoms with Gasteiger partial charge >= 0.3 is 5.97 Å². The molecule has 1 amide bonds. The van der Waals surface area contributed by atoms with Crippen LogP contribution in [-0.2, 0) is 20.7 Å². The molecule has 0 aliphatic carbocycles. The summed E-state index contributed by atoms with van der Waals surface area (Å²) in [6.45, 7) is 1.72. The molecule has 0 heterocycles. The lowest BCUT2D eigenvalue weighted by Crippen LogP contribution is -2.14. The molecule has 2 rings (SSSR count). The van der Waals surface area contributed by atoms with Crippen molar-refractivity contribution in [3.63, 3.8) is 0 Å². The van der Waals surface area contributed by atoms with Crippen molar-refractivity contribution in [2.45, 2.75) is 26.2 Å².